The lowest BCUT2D eigenvalue weighted by molar-refractivity contribution is 0.0532. The number of hydrogen-bond donors (Lipinski definition) is 3. The summed E-state index contributed by atoms with van der Waals surface area (Å²) in [7, 11) is 0. The molecule has 3 heterocycles. The molecular formula is C24H21BrN6O3. The quantitative estimate of drug-likeness (QED) is 0.382. The van der Waals surface area contributed by atoms with Crippen molar-refractivity contribution in [3.63, 3.8) is 0 Å². The van der Waals surface area contributed by atoms with Crippen LogP contribution in [0.3, 0.4) is 0 Å². The molecule has 4 N–H and O–H groups in total. The summed E-state index contributed by atoms with van der Waals surface area (Å²) in [6.45, 7) is 1.88. The standard InChI is InChI=1S/C24H21BrN6O3/c25-16-12-19(27-13-16)24(34)31-10-8-30(9-11-31)23(33)15-6-4-14(5-7-15)22-28-18-3-1-2-17(21(26)32)20(18)29-22/h1-7,12-13,27H,8-11H2,(H2,26,32)(H,28,29). The zero-order valence-corrected chi connectivity index (χ0v) is 19.6. The summed E-state index contributed by atoms with van der Waals surface area (Å²) >= 11 is 3.34. The molecule has 172 valence electrons. The maximum absolute atomic E-state index is 13.0. The number of aromatic nitrogens is 3. The summed E-state index contributed by atoms with van der Waals surface area (Å²) in [5.74, 6) is -0.104. The van der Waals surface area contributed by atoms with Crippen LogP contribution < -0.4 is 5.73 Å². The van der Waals surface area contributed by atoms with E-state index in [-0.39, 0.29) is 11.8 Å². The molecule has 0 bridgehead atoms. The number of amides is 3. The third-order valence-electron chi connectivity index (χ3n) is 5.92. The van der Waals surface area contributed by atoms with Crippen molar-refractivity contribution in [3.05, 3.63) is 76.0 Å². The molecule has 10 heteroatoms. The number of aromatic amines is 2. The van der Waals surface area contributed by atoms with Crippen LogP contribution in [0.2, 0.25) is 0 Å². The Kier molecular flexibility index (Phi) is 5.66. The van der Waals surface area contributed by atoms with Crippen LogP contribution in [0.4, 0.5) is 0 Å². The van der Waals surface area contributed by atoms with E-state index in [1.165, 1.54) is 0 Å². The van der Waals surface area contributed by atoms with Gasteiger partial charge in [-0.05, 0) is 46.3 Å². The number of nitrogens with two attached hydrogens (primary N) is 1. The maximum atomic E-state index is 13.0. The van der Waals surface area contributed by atoms with Crippen molar-refractivity contribution >= 4 is 44.7 Å². The number of primary amides is 1. The highest BCUT2D eigenvalue weighted by Crippen LogP contribution is 2.24. The lowest BCUT2D eigenvalue weighted by Crippen LogP contribution is -2.50. The summed E-state index contributed by atoms with van der Waals surface area (Å²) in [5.41, 5.74) is 8.91. The van der Waals surface area contributed by atoms with Crippen LogP contribution in [0, 0.1) is 0 Å². The van der Waals surface area contributed by atoms with Gasteiger partial charge in [0.15, 0.2) is 0 Å². The van der Waals surface area contributed by atoms with Crippen LogP contribution >= 0.6 is 15.9 Å². The minimum Gasteiger partial charge on any atom is -0.366 e. The Labute approximate surface area is 203 Å². The zero-order valence-electron chi connectivity index (χ0n) is 18.0. The Morgan fingerprint density at radius 3 is 2.24 bits per heavy atom. The lowest BCUT2D eigenvalue weighted by atomic mass is 10.1. The molecule has 0 spiro atoms. The summed E-state index contributed by atoms with van der Waals surface area (Å²) < 4.78 is 0.823. The first-order valence-corrected chi connectivity index (χ1v) is 11.5. The molecule has 9 nitrogen and oxygen atoms in total. The highest BCUT2D eigenvalue weighted by Gasteiger charge is 2.26. The number of para-hydroxylation sites is 1. The molecule has 0 radical (unpaired) electrons. The Bertz CT molecular complexity index is 1400. The van der Waals surface area contributed by atoms with Gasteiger partial charge in [-0.1, -0.05) is 18.2 Å². The number of nitrogens with one attached hydrogen (secondary N) is 2. The summed E-state index contributed by atoms with van der Waals surface area (Å²) in [5, 5.41) is 0. The Morgan fingerprint density at radius 2 is 1.62 bits per heavy atom. The first-order valence-electron chi connectivity index (χ1n) is 10.7. The van der Waals surface area contributed by atoms with E-state index in [0.29, 0.717) is 59.9 Å². The average Bonchev–Trinajstić information content (AvgIpc) is 3.49. The smallest absolute Gasteiger partial charge is 0.270 e. The minimum absolute atomic E-state index is 0.0764. The molecule has 5 rings (SSSR count). The third kappa shape index (κ3) is 4.08. The van der Waals surface area contributed by atoms with Crippen LogP contribution in [0.25, 0.3) is 22.4 Å². The predicted molar refractivity (Wildman–Crippen MR) is 130 cm³/mol. The molecule has 3 amide bonds. The average molecular weight is 521 g/mol. The fourth-order valence-corrected chi connectivity index (χ4v) is 4.44. The number of hydrogen-bond acceptors (Lipinski definition) is 4. The Balaban J connectivity index is 1.26. The van der Waals surface area contributed by atoms with E-state index in [1.54, 1.807) is 46.3 Å². The van der Waals surface area contributed by atoms with Crippen molar-refractivity contribution in [2.45, 2.75) is 0 Å². The Hall–Kier alpha value is -3.92. The van der Waals surface area contributed by atoms with Crippen molar-refractivity contribution in [2.75, 3.05) is 26.2 Å². The number of carbonyl (C=O) groups excluding carboxylic acids is 3. The SMILES string of the molecule is NC(=O)c1cccc2[nH]c(-c3ccc(C(=O)N4CCN(C(=O)c5cc(Br)c[nH]5)CC4)cc3)nc12. The van der Waals surface area contributed by atoms with Crippen LogP contribution in [0.1, 0.15) is 31.2 Å². The van der Waals surface area contributed by atoms with Gasteiger partial charge in [0.25, 0.3) is 17.7 Å². The van der Waals surface area contributed by atoms with Crippen molar-refractivity contribution in [1.29, 1.82) is 0 Å². The molecule has 1 fully saturated rings. The number of piperazine rings is 1. The number of halogens is 1. The predicted octanol–water partition coefficient (Wildman–Crippen LogP) is 3.02. The first-order chi connectivity index (χ1) is 16.4. The van der Waals surface area contributed by atoms with Gasteiger partial charge in [0.1, 0.15) is 17.0 Å². The van der Waals surface area contributed by atoms with Gasteiger partial charge >= 0.3 is 0 Å². The van der Waals surface area contributed by atoms with Crippen LogP contribution in [0.15, 0.2) is 59.2 Å². The summed E-state index contributed by atoms with van der Waals surface area (Å²) in [6, 6.07) is 14.1. The molecule has 0 saturated carbocycles. The van der Waals surface area contributed by atoms with E-state index < -0.39 is 5.91 Å². The van der Waals surface area contributed by atoms with E-state index in [9.17, 15) is 14.4 Å². The molecule has 4 aromatic rings. The van der Waals surface area contributed by atoms with Crippen LogP contribution in [-0.4, -0.2) is 68.7 Å². The maximum Gasteiger partial charge on any atom is 0.270 e. The molecule has 34 heavy (non-hydrogen) atoms. The molecule has 1 aliphatic heterocycles. The number of rotatable bonds is 4. The number of nitrogens with zero attached hydrogens (tertiary/aromatic N) is 3. The lowest BCUT2D eigenvalue weighted by Gasteiger charge is -2.34. The van der Waals surface area contributed by atoms with Gasteiger partial charge in [-0.2, -0.15) is 0 Å². The highest BCUT2D eigenvalue weighted by molar-refractivity contribution is 9.10. The van der Waals surface area contributed by atoms with E-state index in [2.05, 4.69) is 30.9 Å². The van der Waals surface area contributed by atoms with E-state index >= 15 is 0 Å². The fraction of sp³-hybridized carbons (Fsp3) is 0.167. The second kappa shape index (κ2) is 8.79. The van der Waals surface area contributed by atoms with Gasteiger partial charge in [-0.25, -0.2) is 4.98 Å². The van der Waals surface area contributed by atoms with Crippen LogP contribution in [-0.2, 0) is 0 Å². The van der Waals surface area contributed by atoms with E-state index in [4.69, 9.17) is 5.73 Å². The number of H-pyrrole nitrogens is 2. The third-order valence-corrected chi connectivity index (χ3v) is 6.37. The normalized spacial score (nSPS) is 13.9. The molecule has 2 aromatic heterocycles. The largest absolute Gasteiger partial charge is 0.366 e. The molecule has 0 atom stereocenters. The monoisotopic (exact) mass is 520 g/mol. The van der Waals surface area contributed by atoms with Gasteiger partial charge in [0.05, 0.1) is 11.1 Å². The van der Waals surface area contributed by atoms with Gasteiger partial charge in [0.2, 0.25) is 0 Å². The fourth-order valence-electron chi connectivity index (χ4n) is 4.10. The van der Waals surface area contributed by atoms with E-state index in [0.717, 1.165) is 10.0 Å². The van der Waals surface area contributed by atoms with Crippen molar-refractivity contribution in [1.82, 2.24) is 24.8 Å². The molecular weight excluding hydrogens is 500 g/mol. The van der Waals surface area contributed by atoms with Gasteiger partial charge in [0, 0.05) is 48.0 Å². The first kappa shape index (κ1) is 21.9. The highest BCUT2D eigenvalue weighted by atomic mass is 79.9. The zero-order chi connectivity index (χ0) is 23.8. The van der Waals surface area contributed by atoms with Crippen molar-refractivity contribution in [2.24, 2.45) is 5.73 Å². The number of carbonyl (C=O) groups is 3. The summed E-state index contributed by atoms with van der Waals surface area (Å²) in [4.78, 5) is 51.4. The molecule has 0 unspecified atom stereocenters. The van der Waals surface area contributed by atoms with Crippen molar-refractivity contribution < 1.29 is 14.4 Å². The molecule has 2 aromatic carbocycles. The summed E-state index contributed by atoms with van der Waals surface area (Å²) in [6.07, 6.45) is 1.72. The minimum atomic E-state index is -0.535. The van der Waals surface area contributed by atoms with Gasteiger partial charge in [-0.15, -0.1) is 0 Å². The van der Waals surface area contributed by atoms with E-state index in [1.807, 2.05) is 18.2 Å². The topological polar surface area (TPSA) is 128 Å². The van der Waals surface area contributed by atoms with Gasteiger partial charge in [-0.3, -0.25) is 14.4 Å². The second-order valence-electron chi connectivity index (χ2n) is 8.04. The van der Waals surface area contributed by atoms with Crippen molar-refractivity contribution in [3.8, 4) is 11.4 Å². The molecule has 0 aliphatic carbocycles. The second-order valence-corrected chi connectivity index (χ2v) is 8.96. The number of benzene rings is 2. The molecule has 1 aliphatic rings. The van der Waals surface area contributed by atoms with Gasteiger partial charge < -0.3 is 25.5 Å². The Morgan fingerprint density at radius 1 is 0.941 bits per heavy atom. The number of fused-ring (bicyclic) bond motifs is 1. The van der Waals surface area contributed by atoms with Crippen LogP contribution in [0.5, 0.6) is 0 Å². The molecule has 1 saturated heterocycles. The number of imidazole rings is 1.